The number of Topliss-reactive ketones (excluding diaryl/α,β-unsaturated/α-hetero) is 1. The molecule has 1 aliphatic rings. The number of hydrogen-bond acceptors (Lipinski definition) is 4. The maximum Gasteiger partial charge on any atom is 0.152 e. The van der Waals surface area contributed by atoms with Gasteiger partial charge in [-0.2, -0.15) is 5.26 Å². The number of nitriles is 1. The van der Waals surface area contributed by atoms with E-state index < -0.39 is 0 Å². The van der Waals surface area contributed by atoms with E-state index in [4.69, 9.17) is 4.74 Å². The van der Waals surface area contributed by atoms with Crippen molar-refractivity contribution in [2.45, 2.75) is 32.2 Å². The van der Waals surface area contributed by atoms with Gasteiger partial charge in [-0.3, -0.25) is 4.79 Å². The van der Waals surface area contributed by atoms with Gasteiger partial charge in [0.25, 0.3) is 0 Å². The standard InChI is InChI=1S/C15H18N2O2/c1-11(18)14-5-3-4-8-17(14)15-9-13(19-2)7-6-12(15)10-16/h6-7,9,14H,3-5,8H2,1-2H3. The van der Waals surface area contributed by atoms with Crippen LogP contribution in [0.2, 0.25) is 0 Å². The van der Waals surface area contributed by atoms with Crippen LogP contribution in [0.5, 0.6) is 5.75 Å². The van der Waals surface area contributed by atoms with Crippen LogP contribution in [0.4, 0.5) is 5.69 Å². The van der Waals surface area contributed by atoms with Gasteiger partial charge < -0.3 is 9.64 Å². The Morgan fingerprint density at radius 3 is 2.89 bits per heavy atom. The summed E-state index contributed by atoms with van der Waals surface area (Å²) in [5, 5.41) is 9.24. The molecule has 0 N–H and O–H groups in total. The van der Waals surface area contributed by atoms with E-state index in [2.05, 4.69) is 6.07 Å². The van der Waals surface area contributed by atoms with E-state index in [1.54, 1.807) is 26.2 Å². The van der Waals surface area contributed by atoms with E-state index in [1.807, 2.05) is 11.0 Å². The Bertz CT molecular complexity index is 519. The van der Waals surface area contributed by atoms with Crippen LogP contribution < -0.4 is 9.64 Å². The molecule has 1 fully saturated rings. The van der Waals surface area contributed by atoms with E-state index >= 15 is 0 Å². The largest absolute Gasteiger partial charge is 0.497 e. The second-order valence-electron chi connectivity index (χ2n) is 4.81. The molecule has 1 heterocycles. The van der Waals surface area contributed by atoms with Crippen LogP contribution in [0.1, 0.15) is 31.7 Å². The Labute approximate surface area is 113 Å². The molecule has 2 rings (SSSR count). The summed E-state index contributed by atoms with van der Waals surface area (Å²) in [6.07, 6.45) is 2.97. The zero-order valence-corrected chi connectivity index (χ0v) is 11.3. The lowest BCUT2D eigenvalue weighted by Crippen LogP contribution is -2.44. The molecule has 0 saturated carbocycles. The Morgan fingerprint density at radius 2 is 2.26 bits per heavy atom. The highest BCUT2D eigenvalue weighted by molar-refractivity contribution is 5.86. The van der Waals surface area contributed by atoms with Gasteiger partial charge in [-0.05, 0) is 38.3 Å². The highest BCUT2D eigenvalue weighted by atomic mass is 16.5. The van der Waals surface area contributed by atoms with E-state index in [-0.39, 0.29) is 11.8 Å². The number of nitrogens with zero attached hydrogens (tertiary/aromatic N) is 2. The van der Waals surface area contributed by atoms with Gasteiger partial charge in [0, 0.05) is 12.6 Å². The molecule has 1 aromatic rings. The lowest BCUT2D eigenvalue weighted by molar-refractivity contribution is -0.118. The van der Waals surface area contributed by atoms with Crippen LogP contribution in [0.15, 0.2) is 18.2 Å². The smallest absolute Gasteiger partial charge is 0.152 e. The Balaban J connectivity index is 2.43. The zero-order chi connectivity index (χ0) is 13.8. The molecular formula is C15H18N2O2. The lowest BCUT2D eigenvalue weighted by Gasteiger charge is -2.36. The summed E-state index contributed by atoms with van der Waals surface area (Å²) in [6.45, 7) is 2.43. The van der Waals surface area contributed by atoms with Gasteiger partial charge in [-0.15, -0.1) is 0 Å². The summed E-state index contributed by atoms with van der Waals surface area (Å²) in [5.41, 5.74) is 1.40. The first-order chi connectivity index (χ1) is 9.17. The minimum atomic E-state index is -0.118. The van der Waals surface area contributed by atoms with Crippen molar-refractivity contribution >= 4 is 11.5 Å². The summed E-state index contributed by atoms with van der Waals surface area (Å²) in [4.78, 5) is 13.8. The monoisotopic (exact) mass is 258 g/mol. The lowest BCUT2D eigenvalue weighted by atomic mass is 9.97. The number of anilines is 1. The normalized spacial score (nSPS) is 18.8. The van der Waals surface area contributed by atoms with Crippen molar-refractivity contribution in [2.75, 3.05) is 18.6 Å². The average Bonchev–Trinajstić information content (AvgIpc) is 2.46. The van der Waals surface area contributed by atoms with Crippen LogP contribution in [0.25, 0.3) is 0 Å². The van der Waals surface area contributed by atoms with E-state index in [0.29, 0.717) is 11.3 Å². The first kappa shape index (κ1) is 13.4. The molecule has 0 bridgehead atoms. The van der Waals surface area contributed by atoms with Crippen molar-refractivity contribution in [3.05, 3.63) is 23.8 Å². The molecule has 0 aromatic heterocycles. The number of carbonyl (C=O) groups excluding carboxylic acids is 1. The summed E-state index contributed by atoms with van der Waals surface area (Å²) in [6, 6.07) is 7.45. The summed E-state index contributed by atoms with van der Waals surface area (Å²) in [5.74, 6) is 0.869. The highest BCUT2D eigenvalue weighted by Crippen LogP contribution is 2.31. The Morgan fingerprint density at radius 1 is 1.47 bits per heavy atom. The molecule has 1 atom stereocenters. The van der Waals surface area contributed by atoms with Crippen molar-refractivity contribution in [3.63, 3.8) is 0 Å². The van der Waals surface area contributed by atoms with E-state index in [0.717, 1.165) is 31.5 Å². The van der Waals surface area contributed by atoms with E-state index in [9.17, 15) is 10.1 Å². The molecule has 0 amide bonds. The van der Waals surface area contributed by atoms with Crippen molar-refractivity contribution in [1.29, 1.82) is 5.26 Å². The maximum absolute atomic E-state index is 11.8. The van der Waals surface area contributed by atoms with Gasteiger partial charge >= 0.3 is 0 Å². The number of carbonyl (C=O) groups is 1. The maximum atomic E-state index is 11.8. The number of hydrogen-bond donors (Lipinski definition) is 0. The fourth-order valence-electron chi connectivity index (χ4n) is 2.61. The van der Waals surface area contributed by atoms with Crippen LogP contribution in [0.3, 0.4) is 0 Å². The summed E-state index contributed by atoms with van der Waals surface area (Å²) < 4.78 is 5.22. The van der Waals surface area contributed by atoms with Crippen LogP contribution >= 0.6 is 0 Å². The molecule has 0 aliphatic carbocycles. The van der Waals surface area contributed by atoms with Gasteiger partial charge in [0.15, 0.2) is 5.78 Å². The van der Waals surface area contributed by atoms with Gasteiger partial charge in [-0.1, -0.05) is 0 Å². The fourth-order valence-corrected chi connectivity index (χ4v) is 2.61. The number of rotatable bonds is 3. The number of piperidine rings is 1. The molecule has 100 valence electrons. The number of ketones is 1. The highest BCUT2D eigenvalue weighted by Gasteiger charge is 2.27. The fraction of sp³-hybridized carbons (Fsp3) is 0.467. The van der Waals surface area contributed by atoms with Gasteiger partial charge in [0.2, 0.25) is 0 Å². The zero-order valence-electron chi connectivity index (χ0n) is 11.3. The third-order valence-electron chi connectivity index (χ3n) is 3.61. The van der Waals surface area contributed by atoms with Crippen molar-refractivity contribution < 1.29 is 9.53 Å². The molecule has 0 spiro atoms. The molecule has 1 saturated heterocycles. The first-order valence-corrected chi connectivity index (χ1v) is 6.52. The predicted octanol–water partition coefficient (Wildman–Crippen LogP) is 2.51. The molecule has 4 nitrogen and oxygen atoms in total. The third-order valence-corrected chi connectivity index (χ3v) is 3.61. The van der Waals surface area contributed by atoms with Gasteiger partial charge in [0.1, 0.15) is 11.8 Å². The summed E-state index contributed by atoms with van der Waals surface area (Å²) in [7, 11) is 1.60. The molecule has 19 heavy (non-hydrogen) atoms. The number of methoxy groups -OCH3 is 1. The van der Waals surface area contributed by atoms with E-state index in [1.165, 1.54) is 0 Å². The quantitative estimate of drug-likeness (QED) is 0.836. The average molecular weight is 258 g/mol. The van der Waals surface area contributed by atoms with Gasteiger partial charge in [0.05, 0.1) is 24.4 Å². The minimum Gasteiger partial charge on any atom is -0.497 e. The second-order valence-corrected chi connectivity index (χ2v) is 4.81. The third kappa shape index (κ3) is 2.70. The SMILES string of the molecule is COc1ccc(C#N)c(N2CCCCC2C(C)=O)c1. The molecular weight excluding hydrogens is 240 g/mol. The molecule has 1 unspecified atom stereocenters. The summed E-state index contributed by atoms with van der Waals surface area (Å²) >= 11 is 0. The van der Waals surface area contributed by atoms with Crippen LogP contribution in [-0.2, 0) is 4.79 Å². The first-order valence-electron chi connectivity index (χ1n) is 6.52. The van der Waals surface area contributed by atoms with Crippen LogP contribution in [-0.4, -0.2) is 25.5 Å². The van der Waals surface area contributed by atoms with Gasteiger partial charge in [-0.25, -0.2) is 0 Å². The molecule has 0 radical (unpaired) electrons. The molecule has 1 aromatic carbocycles. The molecule has 4 heteroatoms. The van der Waals surface area contributed by atoms with Crippen molar-refractivity contribution in [1.82, 2.24) is 0 Å². The Hall–Kier alpha value is -2.02. The van der Waals surface area contributed by atoms with Crippen molar-refractivity contribution in [3.8, 4) is 11.8 Å². The Kier molecular flexibility index (Phi) is 4.06. The predicted molar refractivity (Wildman–Crippen MR) is 73.4 cm³/mol. The topological polar surface area (TPSA) is 53.3 Å². The minimum absolute atomic E-state index is 0.118. The second kappa shape index (κ2) is 5.75. The van der Waals surface area contributed by atoms with Crippen molar-refractivity contribution in [2.24, 2.45) is 0 Å². The molecule has 1 aliphatic heterocycles. The number of ether oxygens (including phenoxy) is 1. The van der Waals surface area contributed by atoms with Crippen LogP contribution in [0, 0.1) is 11.3 Å². The number of benzene rings is 1.